The Labute approximate surface area is 103 Å². The van der Waals surface area contributed by atoms with Crippen LogP contribution < -0.4 is 11.2 Å². The van der Waals surface area contributed by atoms with Gasteiger partial charge in [-0.05, 0) is 12.8 Å². The van der Waals surface area contributed by atoms with Crippen molar-refractivity contribution in [1.29, 1.82) is 0 Å². The molecule has 0 aliphatic rings. The molecule has 0 spiro atoms. The minimum Gasteiger partial charge on any atom is -0.280 e. The van der Waals surface area contributed by atoms with Gasteiger partial charge in [0.2, 0.25) is 0 Å². The first-order chi connectivity index (χ1) is 8.47. The van der Waals surface area contributed by atoms with Crippen LogP contribution in [-0.4, -0.2) is 24.5 Å². The van der Waals surface area contributed by atoms with Crippen LogP contribution in [0.5, 0.6) is 0 Å². The molecule has 0 fully saturated rings. The second kappa shape index (κ2) is 4.59. The third-order valence-electron chi connectivity index (χ3n) is 2.63. The molecule has 0 bridgehead atoms. The SMILES string of the molecule is Cc1cn(Cn2cc(C(C)C)nn2)c(=O)[nH]c1=O. The van der Waals surface area contributed by atoms with Gasteiger partial charge >= 0.3 is 5.69 Å². The van der Waals surface area contributed by atoms with E-state index in [-0.39, 0.29) is 18.1 Å². The smallest absolute Gasteiger partial charge is 0.280 e. The summed E-state index contributed by atoms with van der Waals surface area (Å²) < 4.78 is 2.95. The second-order valence-corrected chi connectivity index (χ2v) is 4.52. The third kappa shape index (κ3) is 2.39. The van der Waals surface area contributed by atoms with E-state index in [1.54, 1.807) is 17.8 Å². The first-order valence-corrected chi connectivity index (χ1v) is 5.68. The van der Waals surface area contributed by atoms with Crippen molar-refractivity contribution in [2.75, 3.05) is 0 Å². The molecule has 7 heteroatoms. The molecule has 2 aromatic rings. The largest absolute Gasteiger partial charge is 0.329 e. The Bertz CT molecular complexity index is 665. The van der Waals surface area contributed by atoms with E-state index in [4.69, 9.17) is 0 Å². The summed E-state index contributed by atoms with van der Waals surface area (Å²) in [6.45, 7) is 5.92. The quantitative estimate of drug-likeness (QED) is 0.833. The van der Waals surface area contributed by atoms with Crippen molar-refractivity contribution in [2.24, 2.45) is 0 Å². The van der Waals surface area contributed by atoms with Gasteiger partial charge in [-0.25, -0.2) is 9.48 Å². The van der Waals surface area contributed by atoms with Gasteiger partial charge in [-0.1, -0.05) is 19.1 Å². The average molecular weight is 249 g/mol. The summed E-state index contributed by atoms with van der Waals surface area (Å²) in [7, 11) is 0. The Morgan fingerprint density at radius 3 is 2.67 bits per heavy atom. The van der Waals surface area contributed by atoms with Crippen molar-refractivity contribution in [3.63, 3.8) is 0 Å². The zero-order chi connectivity index (χ0) is 13.3. The maximum absolute atomic E-state index is 11.6. The monoisotopic (exact) mass is 249 g/mol. The number of H-pyrrole nitrogens is 1. The van der Waals surface area contributed by atoms with Gasteiger partial charge in [0.1, 0.15) is 6.67 Å². The van der Waals surface area contributed by atoms with Crippen LogP contribution in [0.1, 0.15) is 31.0 Å². The highest BCUT2D eigenvalue weighted by Crippen LogP contribution is 2.08. The van der Waals surface area contributed by atoms with E-state index >= 15 is 0 Å². The molecule has 2 heterocycles. The van der Waals surface area contributed by atoms with Gasteiger partial charge in [-0.2, -0.15) is 0 Å². The summed E-state index contributed by atoms with van der Waals surface area (Å²) in [5.41, 5.74) is 0.535. The number of nitrogens with zero attached hydrogens (tertiary/aromatic N) is 4. The number of aryl methyl sites for hydroxylation is 1. The van der Waals surface area contributed by atoms with Crippen LogP contribution in [0, 0.1) is 6.92 Å². The third-order valence-corrected chi connectivity index (χ3v) is 2.63. The standard InChI is InChI=1S/C11H15N5O2/c1-7(2)9-5-16(14-13-9)6-15-4-8(3)10(17)12-11(15)18/h4-5,7H,6H2,1-3H3,(H,12,17,18). The number of rotatable bonds is 3. The number of aromatic amines is 1. The Morgan fingerprint density at radius 2 is 2.06 bits per heavy atom. The normalized spacial score (nSPS) is 11.1. The predicted octanol–water partition coefficient (Wildman–Crippen LogP) is 0.0657. The van der Waals surface area contributed by atoms with Gasteiger partial charge in [0.25, 0.3) is 5.56 Å². The molecule has 0 unspecified atom stereocenters. The molecule has 0 saturated carbocycles. The van der Waals surface area contributed by atoms with Crippen LogP contribution in [-0.2, 0) is 6.67 Å². The molecular weight excluding hydrogens is 234 g/mol. The number of nitrogens with one attached hydrogen (secondary N) is 1. The molecule has 96 valence electrons. The number of hydrogen-bond acceptors (Lipinski definition) is 4. The lowest BCUT2D eigenvalue weighted by Crippen LogP contribution is -2.32. The molecule has 0 aliphatic carbocycles. The van der Waals surface area contributed by atoms with Crippen molar-refractivity contribution in [1.82, 2.24) is 24.5 Å². The van der Waals surface area contributed by atoms with Gasteiger partial charge in [0.15, 0.2) is 0 Å². The summed E-state index contributed by atoms with van der Waals surface area (Å²) >= 11 is 0. The van der Waals surface area contributed by atoms with E-state index in [2.05, 4.69) is 15.3 Å². The number of hydrogen-bond donors (Lipinski definition) is 1. The molecule has 7 nitrogen and oxygen atoms in total. The van der Waals surface area contributed by atoms with Crippen LogP contribution in [0.2, 0.25) is 0 Å². The molecule has 2 aromatic heterocycles. The summed E-state index contributed by atoms with van der Waals surface area (Å²) in [6, 6.07) is 0. The minimum atomic E-state index is -0.452. The van der Waals surface area contributed by atoms with Gasteiger partial charge in [0.05, 0.1) is 11.9 Å². The number of aromatic nitrogens is 5. The molecule has 18 heavy (non-hydrogen) atoms. The van der Waals surface area contributed by atoms with Gasteiger partial charge in [-0.3, -0.25) is 14.3 Å². The van der Waals surface area contributed by atoms with Gasteiger partial charge < -0.3 is 0 Å². The average Bonchev–Trinajstić information content (AvgIpc) is 2.74. The maximum Gasteiger partial charge on any atom is 0.329 e. The zero-order valence-electron chi connectivity index (χ0n) is 10.5. The van der Waals surface area contributed by atoms with E-state index < -0.39 is 5.69 Å². The first kappa shape index (κ1) is 12.3. The van der Waals surface area contributed by atoms with E-state index in [1.165, 1.54) is 10.8 Å². The molecule has 2 rings (SSSR count). The van der Waals surface area contributed by atoms with Crippen LogP contribution in [0.4, 0.5) is 0 Å². The lowest BCUT2D eigenvalue weighted by molar-refractivity contribution is 0.507. The van der Waals surface area contributed by atoms with Crippen molar-refractivity contribution >= 4 is 0 Å². The highest BCUT2D eigenvalue weighted by molar-refractivity contribution is 5.01. The Hall–Kier alpha value is -2.18. The molecule has 0 amide bonds. The minimum absolute atomic E-state index is 0.232. The molecular formula is C11H15N5O2. The summed E-state index contributed by atoms with van der Waals surface area (Å²) in [6.07, 6.45) is 3.30. The van der Waals surface area contributed by atoms with E-state index in [0.717, 1.165) is 5.69 Å². The molecule has 0 aromatic carbocycles. The maximum atomic E-state index is 11.6. The zero-order valence-corrected chi connectivity index (χ0v) is 10.5. The highest BCUT2D eigenvalue weighted by atomic mass is 16.2. The van der Waals surface area contributed by atoms with Crippen molar-refractivity contribution < 1.29 is 0 Å². The Balaban J connectivity index is 2.31. The summed E-state index contributed by atoms with van der Waals surface area (Å²) in [4.78, 5) is 25.1. The van der Waals surface area contributed by atoms with Gasteiger partial charge in [-0.15, -0.1) is 5.10 Å². The lowest BCUT2D eigenvalue weighted by atomic mass is 10.2. The molecule has 1 N–H and O–H groups in total. The van der Waals surface area contributed by atoms with E-state index in [0.29, 0.717) is 5.56 Å². The topological polar surface area (TPSA) is 85.6 Å². The van der Waals surface area contributed by atoms with Crippen molar-refractivity contribution in [3.05, 3.63) is 44.5 Å². The van der Waals surface area contributed by atoms with Gasteiger partial charge in [0, 0.05) is 11.8 Å². The Morgan fingerprint density at radius 1 is 1.33 bits per heavy atom. The summed E-state index contributed by atoms with van der Waals surface area (Å²) in [5, 5.41) is 7.95. The summed E-state index contributed by atoms with van der Waals surface area (Å²) in [5.74, 6) is 0.285. The Kier molecular flexibility index (Phi) is 3.14. The van der Waals surface area contributed by atoms with Crippen molar-refractivity contribution in [3.8, 4) is 0 Å². The fraction of sp³-hybridized carbons (Fsp3) is 0.455. The van der Waals surface area contributed by atoms with E-state index in [1.807, 2.05) is 13.8 Å². The molecule has 0 atom stereocenters. The second-order valence-electron chi connectivity index (χ2n) is 4.52. The predicted molar refractivity (Wildman–Crippen MR) is 65.6 cm³/mol. The van der Waals surface area contributed by atoms with E-state index in [9.17, 15) is 9.59 Å². The fourth-order valence-electron chi connectivity index (χ4n) is 1.53. The highest BCUT2D eigenvalue weighted by Gasteiger charge is 2.06. The first-order valence-electron chi connectivity index (χ1n) is 5.68. The lowest BCUT2D eigenvalue weighted by Gasteiger charge is -2.05. The molecule has 0 aliphatic heterocycles. The van der Waals surface area contributed by atoms with Crippen molar-refractivity contribution in [2.45, 2.75) is 33.4 Å². The fourth-order valence-corrected chi connectivity index (χ4v) is 1.53. The van der Waals surface area contributed by atoms with Crippen LogP contribution in [0.25, 0.3) is 0 Å². The molecule has 0 radical (unpaired) electrons. The molecule has 0 saturated heterocycles. The van der Waals surface area contributed by atoms with Crippen LogP contribution in [0.15, 0.2) is 22.0 Å². The van der Waals surface area contributed by atoms with Crippen LogP contribution in [0.3, 0.4) is 0 Å². The van der Waals surface area contributed by atoms with Crippen LogP contribution >= 0.6 is 0 Å².